The summed E-state index contributed by atoms with van der Waals surface area (Å²) < 4.78 is 0. The zero-order chi connectivity index (χ0) is 12.5. The van der Waals surface area contributed by atoms with Crippen LogP contribution in [0.25, 0.3) is 0 Å². The van der Waals surface area contributed by atoms with Crippen molar-refractivity contribution in [2.45, 2.75) is 26.2 Å². The van der Waals surface area contributed by atoms with Gasteiger partial charge >= 0.3 is 0 Å². The van der Waals surface area contributed by atoms with Crippen molar-refractivity contribution in [2.75, 3.05) is 0 Å². The summed E-state index contributed by atoms with van der Waals surface area (Å²) in [6, 6.07) is 11.6. The van der Waals surface area contributed by atoms with Crippen LogP contribution in [0.1, 0.15) is 30.9 Å². The van der Waals surface area contributed by atoms with Crippen molar-refractivity contribution >= 4 is 0 Å². The fourth-order valence-corrected chi connectivity index (χ4v) is 1.87. The van der Waals surface area contributed by atoms with Gasteiger partial charge in [-0.25, -0.2) is 4.98 Å². The van der Waals surface area contributed by atoms with Crippen LogP contribution in [-0.2, 0) is 5.41 Å². The molecular formula is C14H16N2O. The number of nitrogens with zero attached hydrogens (tertiary/aromatic N) is 1. The van der Waals surface area contributed by atoms with Gasteiger partial charge in [0, 0.05) is 17.2 Å². The summed E-state index contributed by atoms with van der Waals surface area (Å²) in [5.74, 6) is 0.703. The van der Waals surface area contributed by atoms with Crippen LogP contribution >= 0.6 is 0 Å². The molecule has 0 aliphatic heterocycles. The molecule has 3 heteroatoms. The Bertz CT molecular complexity index is 570. The second kappa shape index (κ2) is 4.17. The summed E-state index contributed by atoms with van der Waals surface area (Å²) in [5.41, 5.74) is 1.48. The molecule has 0 fully saturated rings. The molecule has 3 nitrogen and oxygen atoms in total. The second-order valence-electron chi connectivity index (χ2n) is 4.73. The molecule has 0 bridgehead atoms. The van der Waals surface area contributed by atoms with Gasteiger partial charge in [-0.1, -0.05) is 30.3 Å². The average Bonchev–Trinajstić information content (AvgIpc) is 2.29. The van der Waals surface area contributed by atoms with E-state index in [2.05, 4.69) is 23.8 Å². The number of aryl methyl sites for hydroxylation is 1. The summed E-state index contributed by atoms with van der Waals surface area (Å²) in [4.78, 5) is 18.7. The predicted octanol–water partition coefficient (Wildman–Crippen LogP) is 2.40. The lowest BCUT2D eigenvalue weighted by Gasteiger charge is -2.24. The van der Waals surface area contributed by atoms with Crippen LogP contribution in [-0.4, -0.2) is 9.97 Å². The Morgan fingerprint density at radius 2 is 1.82 bits per heavy atom. The molecule has 0 aliphatic rings. The van der Waals surface area contributed by atoms with E-state index in [4.69, 9.17) is 0 Å². The Balaban J connectivity index is 2.55. The predicted molar refractivity (Wildman–Crippen MR) is 68.2 cm³/mol. The molecule has 2 aromatic rings. The Kier molecular flexibility index (Phi) is 2.84. The van der Waals surface area contributed by atoms with E-state index in [1.165, 1.54) is 6.07 Å². The Labute approximate surface area is 101 Å². The quantitative estimate of drug-likeness (QED) is 0.858. The topological polar surface area (TPSA) is 45.8 Å². The van der Waals surface area contributed by atoms with E-state index in [1.807, 2.05) is 37.3 Å². The molecule has 0 saturated heterocycles. The Morgan fingerprint density at radius 3 is 2.41 bits per heavy atom. The molecule has 0 spiro atoms. The first-order valence-electron chi connectivity index (χ1n) is 5.64. The zero-order valence-corrected chi connectivity index (χ0v) is 10.3. The van der Waals surface area contributed by atoms with E-state index in [0.29, 0.717) is 5.82 Å². The number of hydrogen-bond acceptors (Lipinski definition) is 2. The molecule has 0 saturated carbocycles. The lowest BCUT2D eigenvalue weighted by molar-refractivity contribution is 0.584. The van der Waals surface area contributed by atoms with E-state index in [1.54, 1.807) is 0 Å². The minimum Gasteiger partial charge on any atom is -0.310 e. The highest BCUT2D eigenvalue weighted by atomic mass is 16.1. The second-order valence-corrected chi connectivity index (χ2v) is 4.73. The van der Waals surface area contributed by atoms with Crippen molar-refractivity contribution in [3.8, 4) is 0 Å². The van der Waals surface area contributed by atoms with Crippen molar-refractivity contribution in [1.82, 2.24) is 9.97 Å². The molecule has 0 unspecified atom stereocenters. The largest absolute Gasteiger partial charge is 0.310 e. The fourth-order valence-electron chi connectivity index (χ4n) is 1.87. The third kappa shape index (κ3) is 2.28. The van der Waals surface area contributed by atoms with E-state index >= 15 is 0 Å². The Morgan fingerprint density at radius 1 is 1.18 bits per heavy atom. The van der Waals surface area contributed by atoms with Crippen molar-refractivity contribution < 1.29 is 0 Å². The van der Waals surface area contributed by atoms with Gasteiger partial charge in [0.2, 0.25) is 0 Å². The Hall–Kier alpha value is -1.90. The molecule has 0 radical (unpaired) electrons. The summed E-state index contributed by atoms with van der Waals surface area (Å²) >= 11 is 0. The minimum atomic E-state index is -0.299. The average molecular weight is 228 g/mol. The molecule has 1 aromatic heterocycles. The van der Waals surface area contributed by atoms with Crippen LogP contribution in [0, 0.1) is 6.92 Å². The number of aromatic nitrogens is 2. The summed E-state index contributed by atoms with van der Waals surface area (Å²) in [7, 11) is 0. The maximum atomic E-state index is 11.5. The van der Waals surface area contributed by atoms with Crippen LogP contribution in [0.3, 0.4) is 0 Å². The van der Waals surface area contributed by atoms with E-state index in [9.17, 15) is 4.79 Å². The van der Waals surface area contributed by atoms with Gasteiger partial charge in [-0.05, 0) is 26.3 Å². The molecule has 1 N–H and O–H groups in total. The van der Waals surface area contributed by atoms with Crippen molar-refractivity contribution in [3.05, 3.63) is 63.8 Å². The van der Waals surface area contributed by atoms with Gasteiger partial charge < -0.3 is 4.98 Å². The van der Waals surface area contributed by atoms with Gasteiger partial charge in [0.25, 0.3) is 5.56 Å². The van der Waals surface area contributed by atoms with E-state index in [-0.39, 0.29) is 11.0 Å². The summed E-state index contributed by atoms with van der Waals surface area (Å²) in [6.07, 6.45) is 0. The summed E-state index contributed by atoms with van der Waals surface area (Å²) in [5, 5.41) is 0. The van der Waals surface area contributed by atoms with Gasteiger partial charge in [-0.3, -0.25) is 4.79 Å². The van der Waals surface area contributed by atoms with Gasteiger partial charge in [0.15, 0.2) is 0 Å². The lowest BCUT2D eigenvalue weighted by atomic mass is 9.84. The maximum Gasteiger partial charge on any atom is 0.251 e. The van der Waals surface area contributed by atoms with Crippen LogP contribution in [0.2, 0.25) is 0 Å². The molecule has 0 atom stereocenters. The molecule has 1 aromatic carbocycles. The van der Waals surface area contributed by atoms with Crippen LogP contribution < -0.4 is 5.56 Å². The van der Waals surface area contributed by atoms with Crippen LogP contribution in [0.4, 0.5) is 0 Å². The molecular weight excluding hydrogens is 212 g/mol. The first-order valence-corrected chi connectivity index (χ1v) is 5.64. The number of hydrogen-bond donors (Lipinski definition) is 1. The van der Waals surface area contributed by atoms with Gasteiger partial charge in [-0.2, -0.15) is 0 Å². The number of benzene rings is 1. The van der Waals surface area contributed by atoms with Crippen molar-refractivity contribution in [2.24, 2.45) is 0 Å². The smallest absolute Gasteiger partial charge is 0.251 e. The molecule has 1 heterocycles. The molecule has 0 amide bonds. The molecule has 17 heavy (non-hydrogen) atoms. The first kappa shape index (κ1) is 11.6. The fraction of sp³-hybridized carbons (Fsp3) is 0.286. The first-order chi connectivity index (χ1) is 8.00. The van der Waals surface area contributed by atoms with E-state index in [0.717, 1.165) is 11.3 Å². The number of nitrogens with one attached hydrogen (secondary N) is 1. The lowest BCUT2D eigenvalue weighted by Crippen LogP contribution is -2.26. The zero-order valence-electron chi connectivity index (χ0n) is 10.3. The highest BCUT2D eigenvalue weighted by Gasteiger charge is 2.25. The normalized spacial score (nSPS) is 11.5. The third-order valence-corrected chi connectivity index (χ3v) is 2.96. The SMILES string of the molecule is Cc1cc(=O)[nH]c(C(C)(C)c2ccccc2)n1. The van der Waals surface area contributed by atoms with Gasteiger partial charge in [-0.15, -0.1) is 0 Å². The van der Waals surface area contributed by atoms with Crippen molar-refractivity contribution in [3.63, 3.8) is 0 Å². The molecule has 0 aliphatic carbocycles. The number of rotatable bonds is 2. The van der Waals surface area contributed by atoms with Crippen molar-refractivity contribution in [1.29, 1.82) is 0 Å². The standard InChI is InChI=1S/C14H16N2O/c1-10-9-12(17)16-13(15-10)14(2,3)11-7-5-4-6-8-11/h4-9H,1-3H3,(H,15,16,17). The number of H-pyrrole nitrogens is 1. The molecule has 2 rings (SSSR count). The highest BCUT2D eigenvalue weighted by Crippen LogP contribution is 2.27. The molecule has 88 valence electrons. The maximum absolute atomic E-state index is 11.5. The minimum absolute atomic E-state index is 0.100. The van der Waals surface area contributed by atoms with Gasteiger partial charge in [0.05, 0.1) is 0 Å². The monoisotopic (exact) mass is 228 g/mol. The number of aromatic amines is 1. The van der Waals surface area contributed by atoms with Crippen LogP contribution in [0.5, 0.6) is 0 Å². The highest BCUT2D eigenvalue weighted by molar-refractivity contribution is 5.30. The third-order valence-electron chi connectivity index (χ3n) is 2.96. The van der Waals surface area contributed by atoms with Gasteiger partial charge in [0.1, 0.15) is 5.82 Å². The van der Waals surface area contributed by atoms with Crippen LogP contribution in [0.15, 0.2) is 41.2 Å². The van der Waals surface area contributed by atoms with E-state index < -0.39 is 0 Å². The summed E-state index contributed by atoms with van der Waals surface area (Å²) in [6.45, 7) is 5.94.